The molecule has 2 atom stereocenters. The number of amides is 1. The maximum atomic E-state index is 13.2. The van der Waals surface area contributed by atoms with E-state index in [4.69, 9.17) is 11.6 Å². The van der Waals surface area contributed by atoms with Crippen LogP contribution in [0.25, 0.3) is 0 Å². The molecule has 0 spiro atoms. The van der Waals surface area contributed by atoms with Crippen LogP contribution in [0.2, 0.25) is 5.02 Å². The lowest BCUT2D eigenvalue weighted by atomic mass is 10.1. The molecule has 4 heterocycles. The van der Waals surface area contributed by atoms with Gasteiger partial charge >= 0.3 is 0 Å². The summed E-state index contributed by atoms with van der Waals surface area (Å²) in [5.74, 6) is 0.0882. The molecule has 5 rings (SSSR count). The van der Waals surface area contributed by atoms with Gasteiger partial charge in [0, 0.05) is 37.1 Å². The minimum atomic E-state index is 0.0882. The van der Waals surface area contributed by atoms with Crippen molar-refractivity contribution in [1.29, 1.82) is 0 Å². The second-order valence-corrected chi connectivity index (χ2v) is 7.95. The second-order valence-electron chi connectivity index (χ2n) is 7.51. The van der Waals surface area contributed by atoms with Crippen molar-refractivity contribution in [3.8, 4) is 0 Å². The third kappa shape index (κ3) is 3.11. The number of carbonyl (C=O) groups is 1. The Balaban J connectivity index is 1.42. The van der Waals surface area contributed by atoms with E-state index in [-0.39, 0.29) is 18.0 Å². The molecule has 2 aromatic heterocycles. The Hall–Kier alpha value is -2.63. The van der Waals surface area contributed by atoms with Gasteiger partial charge in [0.15, 0.2) is 0 Å². The van der Waals surface area contributed by atoms with Crippen LogP contribution in [0.3, 0.4) is 0 Å². The number of aromatic nitrogens is 2. The summed E-state index contributed by atoms with van der Waals surface area (Å²) in [6, 6.07) is 18.2. The molecule has 1 amide bonds. The molecule has 1 saturated heterocycles. The van der Waals surface area contributed by atoms with Crippen molar-refractivity contribution in [2.75, 3.05) is 13.1 Å². The Morgan fingerprint density at radius 2 is 1.79 bits per heavy atom. The molecule has 0 bridgehead atoms. The van der Waals surface area contributed by atoms with Gasteiger partial charge in [-0.05, 0) is 42.0 Å². The molecule has 0 N–H and O–H groups in total. The predicted molar refractivity (Wildman–Crippen MR) is 108 cm³/mol. The molecule has 6 heteroatoms. The standard InChI is InChI=1S/C22H21ClN4O/c23-17-8-6-16(7-9-17)12-25-14-20-21(15-25)27(13-18-4-1-2-10-24-18)22(28)19-5-3-11-26(19)20/h1-11,20-21H,12-15H2. The van der Waals surface area contributed by atoms with Crippen LogP contribution >= 0.6 is 11.6 Å². The van der Waals surface area contributed by atoms with Crippen LogP contribution in [0, 0.1) is 0 Å². The fourth-order valence-electron chi connectivity index (χ4n) is 4.42. The Labute approximate surface area is 169 Å². The molecule has 2 aliphatic heterocycles. The van der Waals surface area contributed by atoms with Crippen molar-refractivity contribution in [3.05, 3.63) is 89.0 Å². The molecule has 2 unspecified atom stereocenters. The number of carbonyl (C=O) groups excluding carboxylic acids is 1. The molecule has 1 fully saturated rings. The first-order chi connectivity index (χ1) is 13.7. The largest absolute Gasteiger partial charge is 0.337 e. The molecule has 3 aromatic rings. The van der Waals surface area contributed by atoms with E-state index >= 15 is 0 Å². The van der Waals surface area contributed by atoms with Gasteiger partial charge in [-0.25, -0.2) is 0 Å². The van der Waals surface area contributed by atoms with Crippen LogP contribution in [0.1, 0.15) is 27.8 Å². The van der Waals surface area contributed by atoms with Crippen molar-refractivity contribution in [2.45, 2.75) is 25.2 Å². The van der Waals surface area contributed by atoms with Gasteiger partial charge in [0.05, 0.1) is 24.3 Å². The quantitative estimate of drug-likeness (QED) is 0.681. The molecule has 1 aromatic carbocycles. The molecule has 5 nitrogen and oxygen atoms in total. The predicted octanol–water partition coefficient (Wildman–Crippen LogP) is 3.62. The summed E-state index contributed by atoms with van der Waals surface area (Å²) in [7, 11) is 0. The average molecular weight is 393 g/mol. The molecule has 0 radical (unpaired) electrons. The minimum absolute atomic E-state index is 0.0882. The number of benzene rings is 1. The summed E-state index contributed by atoms with van der Waals surface area (Å²) in [5.41, 5.74) is 2.93. The number of pyridine rings is 1. The fourth-order valence-corrected chi connectivity index (χ4v) is 4.55. The molecule has 2 aliphatic rings. The Bertz CT molecular complexity index is 985. The van der Waals surface area contributed by atoms with E-state index in [1.165, 1.54) is 5.56 Å². The highest BCUT2D eigenvalue weighted by atomic mass is 35.5. The van der Waals surface area contributed by atoms with Gasteiger partial charge in [-0.3, -0.25) is 14.7 Å². The van der Waals surface area contributed by atoms with Gasteiger partial charge in [0.2, 0.25) is 0 Å². The van der Waals surface area contributed by atoms with E-state index in [1.807, 2.05) is 53.6 Å². The first kappa shape index (κ1) is 17.5. The van der Waals surface area contributed by atoms with Gasteiger partial charge in [0.25, 0.3) is 5.91 Å². The molecular formula is C22H21ClN4O. The lowest BCUT2D eigenvalue weighted by Crippen LogP contribution is -2.49. The van der Waals surface area contributed by atoms with Crippen molar-refractivity contribution in [2.24, 2.45) is 0 Å². The molecule has 0 aliphatic carbocycles. The third-order valence-electron chi connectivity index (χ3n) is 5.73. The monoisotopic (exact) mass is 392 g/mol. The van der Waals surface area contributed by atoms with Crippen molar-refractivity contribution in [3.63, 3.8) is 0 Å². The second kappa shape index (κ2) is 7.08. The highest BCUT2D eigenvalue weighted by Gasteiger charge is 2.44. The van der Waals surface area contributed by atoms with Crippen molar-refractivity contribution >= 4 is 17.5 Å². The van der Waals surface area contributed by atoms with Gasteiger partial charge in [-0.2, -0.15) is 0 Å². The number of nitrogens with zero attached hydrogens (tertiary/aromatic N) is 4. The van der Waals surface area contributed by atoms with Crippen LogP contribution in [-0.2, 0) is 13.1 Å². The first-order valence-electron chi connectivity index (χ1n) is 9.53. The van der Waals surface area contributed by atoms with Crippen LogP contribution in [0.15, 0.2) is 67.0 Å². The van der Waals surface area contributed by atoms with Crippen LogP contribution in [0.4, 0.5) is 0 Å². The van der Waals surface area contributed by atoms with E-state index in [0.29, 0.717) is 6.54 Å². The zero-order valence-corrected chi connectivity index (χ0v) is 16.2. The zero-order chi connectivity index (χ0) is 19.1. The average Bonchev–Trinajstić information content (AvgIpc) is 3.35. The summed E-state index contributed by atoms with van der Waals surface area (Å²) >= 11 is 6.02. The summed E-state index contributed by atoms with van der Waals surface area (Å²) in [4.78, 5) is 22.0. The van der Waals surface area contributed by atoms with Crippen LogP contribution in [0.5, 0.6) is 0 Å². The van der Waals surface area contributed by atoms with E-state index < -0.39 is 0 Å². The Morgan fingerprint density at radius 3 is 2.57 bits per heavy atom. The van der Waals surface area contributed by atoms with Crippen molar-refractivity contribution in [1.82, 2.24) is 19.4 Å². The lowest BCUT2D eigenvalue weighted by Gasteiger charge is -2.38. The SMILES string of the molecule is O=C1c2cccn2C2CN(Cc3ccc(Cl)cc3)CC2N1Cc1ccccn1. The number of rotatable bonds is 4. The number of hydrogen-bond donors (Lipinski definition) is 0. The van der Waals surface area contributed by atoms with Gasteiger partial charge in [0.1, 0.15) is 5.69 Å². The Morgan fingerprint density at radius 1 is 0.964 bits per heavy atom. The summed E-state index contributed by atoms with van der Waals surface area (Å²) in [6.45, 7) is 3.16. The third-order valence-corrected chi connectivity index (χ3v) is 5.98. The number of fused-ring (bicyclic) bond motifs is 3. The summed E-state index contributed by atoms with van der Waals surface area (Å²) in [6.07, 6.45) is 3.82. The van der Waals surface area contributed by atoms with Crippen LogP contribution in [-0.4, -0.2) is 44.4 Å². The maximum absolute atomic E-state index is 13.2. The molecule has 28 heavy (non-hydrogen) atoms. The molecular weight excluding hydrogens is 372 g/mol. The first-order valence-corrected chi connectivity index (χ1v) is 9.91. The molecule has 0 saturated carbocycles. The minimum Gasteiger partial charge on any atom is -0.337 e. The number of likely N-dealkylation sites (tertiary alicyclic amines) is 1. The number of hydrogen-bond acceptors (Lipinski definition) is 3. The highest BCUT2D eigenvalue weighted by Crippen LogP contribution is 2.35. The fraction of sp³-hybridized carbons (Fsp3) is 0.273. The van der Waals surface area contributed by atoms with Gasteiger partial charge in [-0.1, -0.05) is 29.8 Å². The summed E-state index contributed by atoms with van der Waals surface area (Å²) in [5, 5.41) is 0.753. The van der Waals surface area contributed by atoms with E-state index in [2.05, 4.69) is 26.6 Å². The lowest BCUT2D eigenvalue weighted by molar-refractivity contribution is 0.0553. The van der Waals surface area contributed by atoms with Crippen molar-refractivity contribution < 1.29 is 4.79 Å². The highest BCUT2D eigenvalue weighted by molar-refractivity contribution is 6.30. The molecule has 142 valence electrons. The Kier molecular flexibility index (Phi) is 4.41. The van der Waals surface area contributed by atoms with Crippen LogP contribution < -0.4 is 0 Å². The maximum Gasteiger partial charge on any atom is 0.271 e. The van der Waals surface area contributed by atoms with Gasteiger partial charge < -0.3 is 9.47 Å². The van der Waals surface area contributed by atoms with E-state index in [9.17, 15) is 4.79 Å². The van der Waals surface area contributed by atoms with Gasteiger partial charge in [-0.15, -0.1) is 0 Å². The number of halogens is 1. The smallest absolute Gasteiger partial charge is 0.271 e. The van der Waals surface area contributed by atoms with E-state index in [1.54, 1.807) is 6.20 Å². The van der Waals surface area contributed by atoms with E-state index in [0.717, 1.165) is 36.0 Å². The topological polar surface area (TPSA) is 41.4 Å². The zero-order valence-electron chi connectivity index (χ0n) is 15.4. The normalized spacial score (nSPS) is 21.6. The summed E-state index contributed by atoms with van der Waals surface area (Å²) < 4.78 is 2.16.